The standard InChI is InChI=1S/C39H30Br2OP2/c1-39(2)33-15-9-17-35(43(29-11-5-3-6-12-29)30-13-7-4-8-14-30)37(33)42-38-34(39)16-10-18-36(38)44(31-23-19-27(40)20-24-31)32-25-21-28(41)22-26-32/h3-26H,1-2H3. The number of benzene rings is 6. The zero-order valence-corrected chi connectivity index (χ0v) is 29.4. The molecule has 0 fully saturated rings. The SMILES string of the molecule is CC1(C)c2cccc(P(c3ccccc3)c3ccccc3)c2Oc2c(P(c3ccc(Br)cc3)c3ccc(Br)cc3)cccc21. The van der Waals surface area contributed by atoms with E-state index in [4.69, 9.17) is 4.74 Å². The summed E-state index contributed by atoms with van der Waals surface area (Å²) in [6.45, 7) is 4.69. The fraction of sp³-hybridized carbons (Fsp3) is 0.0769. The van der Waals surface area contributed by atoms with Gasteiger partial charge in [0.05, 0.1) is 0 Å². The van der Waals surface area contributed by atoms with Crippen LogP contribution in [0.5, 0.6) is 11.5 Å². The molecule has 6 aromatic carbocycles. The summed E-state index contributed by atoms with van der Waals surface area (Å²) in [4.78, 5) is 0. The van der Waals surface area contributed by atoms with E-state index in [2.05, 4.69) is 191 Å². The Bertz CT molecular complexity index is 1840. The number of ether oxygens (including phenoxy) is 1. The molecule has 0 saturated carbocycles. The van der Waals surface area contributed by atoms with Crippen LogP contribution in [-0.4, -0.2) is 0 Å². The second kappa shape index (κ2) is 12.4. The number of rotatable bonds is 6. The van der Waals surface area contributed by atoms with E-state index < -0.39 is 15.8 Å². The second-order valence-corrected chi connectivity index (χ2v) is 17.5. The van der Waals surface area contributed by atoms with Gasteiger partial charge < -0.3 is 4.74 Å². The minimum Gasteiger partial charge on any atom is -0.455 e. The summed E-state index contributed by atoms with van der Waals surface area (Å²) in [7, 11) is -1.73. The molecule has 0 atom stereocenters. The quantitative estimate of drug-likeness (QED) is 0.155. The van der Waals surface area contributed by atoms with E-state index >= 15 is 0 Å². The first-order chi connectivity index (χ1) is 21.4. The molecule has 1 aliphatic heterocycles. The van der Waals surface area contributed by atoms with Crippen molar-refractivity contribution in [1.82, 2.24) is 0 Å². The highest BCUT2D eigenvalue weighted by molar-refractivity contribution is 9.10. The van der Waals surface area contributed by atoms with E-state index in [0.29, 0.717) is 0 Å². The molecule has 5 heteroatoms. The third kappa shape index (κ3) is 5.50. The van der Waals surface area contributed by atoms with Crippen LogP contribution in [0.2, 0.25) is 0 Å². The van der Waals surface area contributed by atoms with Crippen LogP contribution in [0.15, 0.2) is 155 Å². The smallest absolute Gasteiger partial charge is 0.139 e. The Morgan fingerprint density at radius 1 is 0.432 bits per heavy atom. The third-order valence-electron chi connectivity index (χ3n) is 8.22. The summed E-state index contributed by atoms with van der Waals surface area (Å²) < 4.78 is 9.44. The number of para-hydroxylation sites is 2. The summed E-state index contributed by atoms with van der Waals surface area (Å²) in [6.07, 6.45) is 0. The lowest BCUT2D eigenvalue weighted by molar-refractivity contribution is 0.425. The van der Waals surface area contributed by atoms with Crippen molar-refractivity contribution in [3.63, 3.8) is 0 Å². The van der Waals surface area contributed by atoms with Crippen LogP contribution in [0.25, 0.3) is 0 Å². The molecule has 0 saturated heterocycles. The van der Waals surface area contributed by atoms with Gasteiger partial charge in [-0.1, -0.05) is 167 Å². The van der Waals surface area contributed by atoms with Crippen molar-refractivity contribution < 1.29 is 4.74 Å². The maximum absolute atomic E-state index is 7.28. The predicted octanol–water partition coefficient (Wildman–Crippen LogP) is 9.16. The van der Waals surface area contributed by atoms with E-state index in [1.807, 2.05) is 0 Å². The number of fused-ring (bicyclic) bond motifs is 2. The minimum absolute atomic E-state index is 0.246. The van der Waals surface area contributed by atoms with E-state index in [1.165, 1.54) is 43.0 Å². The van der Waals surface area contributed by atoms with Crippen LogP contribution in [0, 0.1) is 0 Å². The highest BCUT2D eigenvalue weighted by Gasteiger charge is 2.39. The number of halogens is 2. The zero-order valence-electron chi connectivity index (χ0n) is 24.4. The Morgan fingerprint density at radius 2 is 0.795 bits per heavy atom. The van der Waals surface area contributed by atoms with Gasteiger partial charge in [0, 0.05) is 36.1 Å². The molecule has 6 aromatic rings. The summed E-state index contributed by atoms with van der Waals surface area (Å²) >= 11 is 7.30. The molecular weight excluding hydrogens is 706 g/mol. The number of hydrogen-bond acceptors (Lipinski definition) is 1. The molecule has 1 nitrogen and oxygen atoms in total. The maximum atomic E-state index is 7.28. The van der Waals surface area contributed by atoms with Crippen LogP contribution < -0.4 is 36.6 Å². The molecule has 0 spiro atoms. The Balaban J connectivity index is 1.45. The average Bonchev–Trinajstić information content (AvgIpc) is 3.05. The van der Waals surface area contributed by atoms with E-state index in [-0.39, 0.29) is 5.41 Å². The van der Waals surface area contributed by atoms with Gasteiger partial charge in [-0.05, 0) is 61.3 Å². The molecule has 0 aromatic heterocycles. The van der Waals surface area contributed by atoms with Crippen molar-refractivity contribution in [3.8, 4) is 11.5 Å². The molecule has 0 amide bonds. The van der Waals surface area contributed by atoms with Crippen molar-refractivity contribution >= 4 is 79.5 Å². The molecule has 0 unspecified atom stereocenters. The van der Waals surface area contributed by atoms with E-state index in [1.54, 1.807) is 0 Å². The molecule has 0 aliphatic carbocycles. The third-order valence-corrected chi connectivity index (χ3v) is 14.2. The molecule has 7 rings (SSSR count). The summed E-state index contributed by atoms with van der Waals surface area (Å²) in [5, 5.41) is 7.69. The zero-order chi connectivity index (χ0) is 30.3. The largest absolute Gasteiger partial charge is 0.455 e. The summed E-state index contributed by atoms with van der Waals surface area (Å²) in [5.41, 5.74) is 2.21. The minimum atomic E-state index is -0.890. The normalized spacial score (nSPS) is 13.3. The topological polar surface area (TPSA) is 9.23 Å². The molecule has 216 valence electrons. The first kappa shape index (κ1) is 29.6. The van der Waals surface area contributed by atoms with Crippen molar-refractivity contribution in [2.75, 3.05) is 0 Å². The van der Waals surface area contributed by atoms with Gasteiger partial charge >= 0.3 is 0 Å². The summed E-state index contributed by atoms with van der Waals surface area (Å²) in [5.74, 6) is 1.99. The fourth-order valence-corrected chi connectivity index (χ4v) is 11.3. The van der Waals surface area contributed by atoms with Crippen LogP contribution in [0.3, 0.4) is 0 Å². The lowest BCUT2D eigenvalue weighted by Gasteiger charge is -2.38. The molecule has 0 radical (unpaired) electrons. The molecule has 0 N–H and O–H groups in total. The molecule has 0 bridgehead atoms. The molecule has 44 heavy (non-hydrogen) atoms. The lowest BCUT2D eigenvalue weighted by atomic mass is 9.76. The van der Waals surface area contributed by atoms with Gasteiger partial charge in [0.2, 0.25) is 0 Å². The Kier molecular flexibility index (Phi) is 8.34. The Labute approximate surface area is 279 Å². The maximum Gasteiger partial charge on any atom is 0.139 e. The van der Waals surface area contributed by atoms with Crippen LogP contribution in [-0.2, 0) is 5.41 Å². The predicted molar refractivity (Wildman–Crippen MR) is 198 cm³/mol. The van der Waals surface area contributed by atoms with E-state index in [0.717, 1.165) is 20.4 Å². The monoisotopic (exact) mass is 734 g/mol. The summed E-state index contributed by atoms with van der Waals surface area (Å²) in [6, 6.07) is 52.8. The van der Waals surface area contributed by atoms with Gasteiger partial charge in [-0.2, -0.15) is 0 Å². The van der Waals surface area contributed by atoms with Crippen molar-refractivity contribution in [3.05, 3.63) is 166 Å². The average molecular weight is 736 g/mol. The van der Waals surface area contributed by atoms with Crippen LogP contribution in [0.4, 0.5) is 0 Å². The van der Waals surface area contributed by atoms with Gasteiger partial charge in [0.25, 0.3) is 0 Å². The molecular formula is C39H30Br2OP2. The van der Waals surface area contributed by atoms with Crippen molar-refractivity contribution in [2.24, 2.45) is 0 Å². The molecule has 1 aliphatic rings. The fourth-order valence-electron chi connectivity index (χ4n) is 6.04. The Hall–Kier alpha value is -3.06. The highest BCUT2D eigenvalue weighted by atomic mass is 79.9. The van der Waals surface area contributed by atoms with Gasteiger partial charge in [-0.3, -0.25) is 0 Å². The molecule has 1 heterocycles. The van der Waals surface area contributed by atoms with Gasteiger partial charge in [-0.25, -0.2) is 0 Å². The van der Waals surface area contributed by atoms with Crippen molar-refractivity contribution in [2.45, 2.75) is 19.3 Å². The van der Waals surface area contributed by atoms with Crippen molar-refractivity contribution in [1.29, 1.82) is 0 Å². The highest BCUT2D eigenvalue weighted by Crippen LogP contribution is 2.52. The number of hydrogen-bond donors (Lipinski definition) is 0. The first-order valence-electron chi connectivity index (χ1n) is 14.6. The van der Waals surface area contributed by atoms with Crippen LogP contribution in [0.1, 0.15) is 25.0 Å². The Morgan fingerprint density at radius 3 is 1.18 bits per heavy atom. The second-order valence-electron chi connectivity index (χ2n) is 11.3. The van der Waals surface area contributed by atoms with E-state index in [9.17, 15) is 0 Å². The van der Waals surface area contributed by atoms with Gasteiger partial charge in [0.15, 0.2) is 0 Å². The van der Waals surface area contributed by atoms with Crippen LogP contribution >= 0.6 is 47.7 Å². The first-order valence-corrected chi connectivity index (χ1v) is 18.8. The van der Waals surface area contributed by atoms with Gasteiger partial charge in [0.1, 0.15) is 11.5 Å². The van der Waals surface area contributed by atoms with Gasteiger partial charge in [-0.15, -0.1) is 0 Å². The lowest BCUT2D eigenvalue weighted by Crippen LogP contribution is -2.32.